The molecule has 2 N–H and O–H groups in total. The van der Waals surface area contributed by atoms with Crippen molar-refractivity contribution < 1.29 is 0 Å². The number of anilines is 1. The van der Waals surface area contributed by atoms with Crippen LogP contribution in [-0.2, 0) is 13.1 Å². The van der Waals surface area contributed by atoms with Gasteiger partial charge in [0.15, 0.2) is 0 Å². The number of aryl methyl sites for hydroxylation is 1. The highest BCUT2D eigenvalue weighted by atomic mass is 16.1. The molecule has 0 bridgehead atoms. The second-order valence-corrected chi connectivity index (χ2v) is 6.01. The summed E-state index contributed by atoms with van der Waals surface area (Å²) in [5, 5.41) is 4.33. The van der Waals surface area contributed by atoms with Crippen molar-refractivity contribution in [2.45, 2.75) is 32.9 Å². The molecule has 7 nitrogen and oxygen atoms in total. The Morgan fingerprint density at radius 3 is 2.78 bits per heavy atom. The quantitative estimate of drug-likeness (QED) is 0.877. The lowest BCUT2D eigenvalue weighted by molar-refractivity contribution is 0.414. The normalized spacial score (nSPS) is 16.0. The lowest BCUT2D eigenvalue weighted by Gasteiger charge is -2.32. The van der Waals surface area contributed by atoms with Crippen molar-refractivity contribution in [3.05, 3.63) is 40.8 Å². The fraction of sp³-hybridized carbons (Fsp3) is 0.562. The van der Waals surface area contributed by atoms with Crippen molar-refractivity contribution in [1.82, 2.24) is 19.3 Å². The first-order valence-corrected chi connectivity index (χ1v) is 8.23. The molecule has 7 heteroatoms. The van der Waals surface area contributed by atoms with E-state index in [2.05, 4.69) is 21.9 Å². The Balaban J connectivity index is 1.72. The van der Waals surface area contributed by atoms with Crippen LogP contribution >= 0.6 is 0 Å². The second-order valence-electron chi connectivity index (χ2n) is 6.01. The van der Waals surface area contributed by atoms with Gasteiger partial charge in [-0.3, -0.25) is 4.79 Å². The van der Waals surface area contributed by atoms with E-state index in [1.54, 1.807) is 18.5 Å². The van der Waals surface area contributed by atoms with Gasteiger partial charge in [-0.1, -0.05) is 0 Å². The molecule has 1 fully saturated rings. The Labute approximate surface area is 135 Å². The van der Waals surface area contributed by atoms with E-state index in [9.17, 15) is 4.79 Å². The number of piperidine rings is 1. The number of nitrogens with two attached hydrogens (primary N) is 1. The highest BCUT2D eigenvalue weighted by Crippen LogP contribution is 2.20. The van der Waals surface area contributed by atoms with Crippen LogP contribution in [0.25, 0.3) is 0 Å². The van der Waals surface area contributed by atoms with Gasteiger partial charge >= 0.3 is 0 Å². The maximum Gasteiger partial charge on any atom is 0.269 e. The van der Waals surface area contributed by atoms with Crippen molar-refractivity contribution in [1.29, 1.82) is 0 Å². The number of nitrogens with zero attached hydrogens (tertiary/aromatic N) is 5. The predicted octanol–water partition coefficient (Wildman–Crippen LogP) is 0.683. The third kappa shape index (κ3) is 3.44. The zero-order valence-electron chi connectivity index (χ0n) is 13.6. The molecule has 124 valence electrons. The molecule has 3 heterocycles. The summed E-state index contributed by atoms with van der Waals surface area (Å²) in [5.41, 5.74) is 6.54. The molecular weight excluding hydrogens is 292 g/mol. The Kier molecular flexibility index (Phi) is 4.76. The average molecular weight is 316 g/mol. The van der Waals surface area contributed by atoms with E-state index in [4.69, 9.17) is 5.73 Å². The minimum Gasteiger partial charge on any atom is -0.370 e. The van der Waals surface area contributed by atoms with Crippen LogP contribution in [0.15, 0.2) is 29.5 Å². The van der Waals surface area contributed by atoms with Gasteiger partial charge in [0.05, 0.1) is 11.9 Å². The molecule has 0 aliphatic carbocycles. The second kappa shape index (κ2) is 6.95. The molecule has 3 rings (SSSR count). The zero-order chi connectivity index (χ0) is 16.2. The number of rotatable bonds is 5. The number of hydrogen-bond acceptors (Lipinski definition) is 5. The number of hydrogen-bond donors (Lipinski definition) is 1. The fourth-order valence-corrected chi connectivity index (χ4v) is 3.06. The first-order valence-electron chi connectivity index (χ1n) is 8.23. The highest BCUT2D eigenvalue weighted by molar-refractivity contribution is 5.43. The summed E-state index contributed by atoms with van der Waals surface area (Å²) in [5.74, 6) is 1.45. The van der Waals surface area contributed by atoms with E-state index in [0.29, 0.717) is 12.5 Å². The van der Waals surface area contributed by atoms with Crippen molar-refractivity contribution >= 4 is 5.69 Å². The third-order valence-electron chi connectivity index (χ3n) is 4.60. The van der Waals surface area contributed by atoms with E-state index < -0.39 is 0 Å². The van der Waals surface area contributed by atoms with E-state index in [1.165, 1.54) is 4.68 Å². The number of aromatic nitrogens is 4. The molecule has 0 radical (unpaired) electrons. The first-order chi connectivity index (χ1) is 11.2. The smallest absolute Gasteiger partial charge is 0.269 e. The molecule has 2 aromatic heterocycles. The summed E-state index contributed by atoms with van der Waals surface area (Å²) in [6, 6.07) is 1.68. The molecule has 1 saturated heterocycles. The molecule has 23 heavy (non-hydrogen) atoms. The van der Waals surface area contributed by atoms with Crippen molar-refractivity contribution in [2.24, 2.45) is 11.7 Å². The van der Waals surface area contributed by atoms with Crippen LogP contribution in [0, 0.1) is 5.92 Å². The van der Waals surface area contributed by atoms with Crippen LogP contribution in [0.1, 0.15) is 25.6 Å². The predicted molar refractivity (Wildman–Crippen MR) is 89.5 cm³/mol. The Bertz CT molecular complexity index is 699. The van der Waals surface area contributed by atoms with E-state index in [1.807, 2.05) is 10.8 Å². The lowest BCUT2D eigenvalue weighted by atomic mass is 9.97. The zero-order valence-corrected chi connectivity index (χ0v) is 13.6. The minimum atomic E-state index is -0.0888. The summed E-state index contributed by atoms with van der Waals surface area (Å²) >= 11 is 0. The van der Waals surface area contributed by atoms with Gasteiger partial charge in [0.25, 0.3) is 5.56 Å². The molecule has 0 spiro atoms. The molecule has 0 saturated carbocycles. The molecular formula is C16H24N6O. The number of imidazole rings is 1. The van der Waals surface area contributed by atoms with Crippen LogP contribution in [-0.4, -0.2) is 39.0 Å². The van der Waals surface area contributed by atoms with Gasteiger partial charge in [0.1, 0.15) is 12.4 Å². The Morgan fingerprint density at radius 2 is 2.13 bits per heavy atom. The van der Waals surface area contributed by atoms with Crippen molar-refractivity contribution in [3.63, 3.8) is 0 Å². The monoisotopic (exact) mass is 316 g/mol. The molecule has 0 aromatic carbocycles. The molecule has 0 atom stereocenters. The van der Waals surface area contributed by atoms with Gasteiger partial charge in [-0.05, 0) is 32.2 Å². The topological polar surface area (TPSA) is 82.0 Å². The largest absolute Gasteiger partial charge is 0.370 e. The van der Waals surface area contributed by atoms with Crippen LogP contribution in [0.2, 0.25) is 0 Å². The Morgan fingerprint density at radius 1 is 1.35 bits per heavy atom. The molecule has 0 unspecified atom stereocenters. The van der Waals surface area contributed by atoms with Crippen LogP contribution in [0.5, 0.6) is 0 Å². The van der Waals surface area contributed by atoms with Crippen LogP contribution in [0.4, 0.5) is 5.69 Å². The average Bonchev–Trinajstić information content (AvgIpc) is 3.04. The van der Waals surface area contributed by atoms with Gasteiger partial charge in [-0.25, -0.2) is 9.67 Å². The SMILES string of the molecule is CCn1ccnc1Cn1ncc(N2CCC(CN)CC2)cc1=O. The molecule has 1 aliphatic heterocycles. The van der Waals surface area contributed by atoms with E-state index in [0.717, 1.165) is 50.5 Å². The summed E-state index contributed by atoms with van der Waals surface area (Å²) in [4.78, 5) is 18.9. The van der Waals surface area contributed by atoms with E-state index >= 15 is 0 Å². The van der Waals surface area contributed by atoms with Crippen molar-refractivity contribution in [2.75, 3.05) is 24.5 Å². The highest BCUT2D eigenvalue weighted by Gasteiger charge is 2.19. The van der Waals surface area contributed by atoms with Gasteiger partial charge < -0.3 is 15.2 Å². The van der Waals surface area contributed by atoms with Crippen molar-refractivity contribution in [3.8, 4) is 0 Å². The summed E-state index contributed by atoms with van der Waals surface area (Å²) in [6.07, 6.45) is 7.60. The van der Waals surface area contributed by atoms with Gasteiger partial charge in [0, 0.05) is 38.1 Å². The molecule has 1 aliphatic rings. The first kappa shape index (κ1) is 15.7. The minimum absolute atomic E-state index is 0.0888. The van der Waals surface area contributed by atoms with Crippen LogP contribution in [0.3, 0.4) is 0 Å². The van der Waals surface area contributed by atoms with Crippen LogP contribution < -0.4 is 16.2 Å². The lowest BCUT2D eigenvalue weighted by Crippen LogP contribution is -2.37. The van der Waals surface area contributed by atoms with Gasteiger partial charge in [-0.15, -0.1) is 0 Å². The summed E-state index contributed by atoms with van der Waals surface area (Å²) < 4.78 is 3.48. The summed E-state index contributed by atoms with van der Waals surface area (Å²) in [6.45, 7) is 5.90. The van der Waals surface area contributed by atoms with Gasteiger partial charge in [0.2, 0.25) is 0 Å². The maximum absolute atomic E-state index is 12.3. The Hall–Kier alpha value is -2.15. The van der Waals surface area contributed by atoms with E-state index in [-0.39, 0.29) is 5.56 Å². The van der Waals surface area contributed by atoms with Gasteiger partial charge in [-0.2, -0.15) is 5.10 Å². The maximum atomic E-state index is 12.3. The summed E-state index contributed by atoms with van der Waals surface area (Å²) in [7, 11) is 0. The third-order valence-corrected chi connectivity index (χ3v) is 4.60. The fourth-order valence-electron chi connectivity index (χ4n) is 3.06. The molecule has 0 amide bonds. The molecule has 2 aromatic rings. The standard InChI is InChI=1S/C16H24N6O/c1-2-20-8-5-18-15(20)12-22-16(23)9-14(11-19-22)21-6-3-13(10-17)4-7-21/h5,8-9,11,13H,2-4,6-7,10,12,17H2,1H3.